The van der Waals surface area contributed by atoms with E-state index in [0.29, 0.717) is 43.9 Å². The number of carbonyl (C=O) groups is 2. The Labute approximate surface area is 130 Å². The molecule has 0 saturated carbocycles. The van der Waals surface area contributed by atoms with Gasteiger partial charge >= 0.3 is 0 Å². The molecule has 0 spiro atoms. The second kappa shape index (κ2) is 7.40. The molecular formula is C15H23N3O4. The van der Waals surface area contributed by atoms with E-state index in [-0.39, 0.29) is 23.8 Å². The first-order chi connectivity index (χ1) is 10.5. The largest absolute Gasteiger partial charge is 0.372 e. The summed E-state index contributed by atoms with van der Waals surface area (Å²) >= 11 is 0. The summed E-state index contributed by atoms with van der Waals surface area (Å²) < 4.78 is 10.1. The maximum Gasteiger partial charge on any atom is 0.251 e. The molecule has 0 bridgehead atoms. The van der Waals surface area contributed by atoms with Gasteiger partial charge in [-0.15, -0.1) is 0 Å². The van der Waals surface area contributed by atoms with Crippen LogP contribution in [0.1, 0.15) is 31.9 Å². The van der Waals surface area contributed by atoms with E-state index in [2.05, 4.69) is 10.5 Å². The van der Waals surface area contributed by atoms with Crippen molar-refractivity contribution in [1.82, 2.24) is 10.1 Å². The van der Waals surface area contributed by atoms with Crippen LogP contribution >= 0.6 is 0 Å². The molecule has 22 heavy (non-hydrogen) atoms. The first-order valence-electron chi connectivity index (χ1n) is 7.61. The molecule has 7 heteroatoms. The number of hydrogen-bond donors (Lipinski definition) is 1. The first kappa shape index (κ1) is 16.5. The summed E-state index contributed by atoms with van der Waals surface area (Å²) in [7, 11) is 1.55. The van der Waals surface area contributed by atoms with Crippen LogP contribution in [0.25, 0.3) is 0 Å². The molecule has 0 aromatic carbocycles. The first-order valence-corrected chi connectivity index (χ1v) is 7.61. The Morgan fingerprint density at radius 3 is 2.68 bits per heavy atom. The predicted octanol–water partition coefficient (Wildman–Crippen LogP) is 1.59. The molecule has 7 nitrogen and oxygen atoms in total. The number of methoxy groups -OCH3 is 1. The van der Waals surface area contributed by atoms with Crippen LogP contribution in [0.3, 0.4) is 0 Å². The number of aromatic nitrogens is 1. The Morgan fingerprint density at radius 2 is 2.18 bits per heavy atom. The molecule has 0 unspecified atom stereocenters. The molecule has 1 saturated heterocycles. The van der Waals surface area contributed by atoms with E-state index >= 15 is 0 Å². The summed E-state index contributed by atoms with van der Waals surface area (Å²) in [5, 5.41) is 6.50. The van der Waals surface area contributed by atoms with Crippen molar-refractivity contribution >= 4 is 17.6 Å². The quantitative estimate of drug-likeness (QED) is 0.892. The highest BCUT2D eigenvalue weighted by atomic mass is 16.5. The molecule has 1 atom stereocenters. The second-order valence-electron chi connectivity index (χ2n) is 5.54. The van der Waals surface area contributed by atoms with Crippen molar-refractivity contribution in [3.8, 4) is 0 Å². The number of piperidine rings is 1. The molecular weight excluding hydrogens is 286 g/mol. The molecule has 1 N–H and O–H groups in total. The van der Waals surface area contributed by atoms with Crippen molar-refractivity contribution in [2.45, 2.75) is 39.2 Å². The average molecular weight is 309 g/mol. The normalized spacial score (nSPS) is 17.3. The minimum atomic E-state index is -0.386. The Morgan fingerprint density at radius 1 is 1.50 bits per heavy atom. The fourth-order valence-electron chi connectivity index (χ4n) is 2.66. The zero-order valence-electron chi connectivity index (χ0n) is 13.3. The molecule has 0 radical (unpaired) electrons. The van der Waals surface area contributed by atoms with Gasteiger partial charge in [0.25, 0.3) is 5.91 Å². The number of anilines is 1. The smallest absolute Gasteiger partial charge is 0.251 e. The molecule has 2 heterocycles. The van der Waals surface area contributed by atoms with Gasteiger partial charge in [-0.3, -0.25) is 9.59 Å². The van der Waals surface area contributed by atoms with Crippen LogP contribution < -0.4 is 5.32 Å². The number of ether oxygens (including phenoxy) is 1. The monoisotopic (exact) mass is 309 g/mol. The van der Waals surface area contributed by atoms with Gasteiger partial charge in [0.1, 0.15) is 11.9 Å². The molecule has 1 fully saturated rings. The molecule has 2 amide bonds. The number of carbonyl (C=O) groups excluding carboxylic acids is 2. The van der Waals surface area contributed by atoms with Crippen molar-refractivity contribution in [1.29, 1.82) is 0 Å². The number of amides is 2. The highest BCUT2D eigenvalue weighted by molar-refractivity contribution is 5.92. The number of rotatable bonds is 5. The molecule has 1 aromatic heterocycles. The van der Waals surface area contributed by atoms with Gasteiger partial charge in [0.05, 0.1) is 0 Å². The lowest BCUT2D eigenvalue weighted by Crippen LogP contribution is -2.46. The summed E-state index contributed by atoms with van der Waals surface area (Å²) in [6.07, 6.45) is 1.56. The van der Waals surface area contributed by atoms with Gasteiger partial charge in [-0.2, -0.15) is 0 Å². The van der Waals surface area contributed by atoms with Gasteiger partial charge in [-0.05, 0) is 26.2 Å². The third-order valence-corrected chi connectivity index (χ3v) is 3.99. The van der Waals surface area contributed by atoms with Gasteiger partial charge in [0.15, 0.2) is 5.82 Å². The topological polar surface area (TPSA) is 84.7 Å². The second-order valence-corrected chi connectivity index (χ2v) is 5.54. The molecule has 2 rings (SSSR count). The Kier molecular flexibility index (Phi) is 5.54. The van der Waals surface area contributed by atoms with E-state index in [1.54, 1.807) is 25.0 Å². The molecule has 1 aromatic rings. The van der Waals surface area contributed by atoms with Crippen molar-refractivity contribution in [3.05, 3.63) is 11.8 Å². The van der Waals surface area contributed by atoms with E-state index in [9.17, 15) is 9.59 Å². The van der Waals surface area contributed by atoms with Crippen LogP contribution in [0.5, 0.6) is 0 Å². The zero-order valence-corrected chi connectivity index (χ0v) is 13.3. The molecule has 1 aliphatic heterocycles. The maximum atomic E-state index is 12.2. The fraction of sp³-hybridized carbons (Fsp3) is 0.667. The van der Waals surface area contributed by atoms with Crippen LogP contribution in [-0.4, -0.2) is 48.2 Å². The van der Waals surface area contributed by atoms with Gasteiger partial charge in [-0.1, -0.05) is 12.1 Å². The van der Waals surface area contributed by atoms with E-state index < -0.39 is 0 Å². The van der Waals surface area contributed by atoms with Crippen molar-refractivity contribution in [3.63, 3.8) is 0 Å². The SMILES string of the molecule is CC[C@@H](OC)C(=O)N1CCC(C(=O)Nc2cc(C)on2)CC1. The molecule has 1 aliphatic rings. The van der Waals surface area contributed by atoms with E-state index in [1.807, 2.05) is 6.92 Å². The number of aryl methyl sites for hydroxylation is 1. The third-order valence-electron chi connectivity index (χ3n) is 3.99. The van der Waals surface area contributed by atoms with Crippen LogP contribution in [0.2, 0.25) is 0 Å². The Balaban J connectivity index is 1.83. The van der Waals surface area contributed by atoms with Crippen LogP contribution in [0, 0.1) is 12.8 Å². The summed E-state index contributed by atoms with van der Waals surface area (Å²) in [5.41, 5.74) is 0. The van der Waals surface area contributed by atoms with Crippen molar-refractivity contribution < 1.29 is 18.8 Å². The number of nitrogens with zero attached hydrogens (tertiary/aromatic N) is 2. The van der Waals surface area contributed by atoms with E-state index in [1.165, 1.54) is 0 Å². The number of nitrogens with one attached hydrogen (secondary N) is 1. The van der Waals surface area contributed by atoms with Crippen LogP contribution in [-0.2, 0) is 14.3 Å². The Hall–Kier alpha value is -1.89. The Bertz CT molecular complexity index is 517. The van der Waals surface area contributed by atoms with Crippen molar-refractivity contribution in [2.24, 2.45) is 5.92 Å². The summed E-state index contributed by atoms with van der Waals surface area (Å²) in [4.78, 5) is 26.2. The van der Waals surface area contributed by atoms with Crippen LogP contribution in [0.4, 0.5) is 5.82 Å². The lowest BCUT2D eigenvalue weighted by molar-refractivity contribution is -0.144. The molecule has 0 aliphatic carbocycles. The lowest BCUT2D eigenvalue weighted by Gasteiger charge is -2.33. The van der Waals surface area contributed by atoms with E-state index in [0.717, 1.165) is 0 Å². The zero-order chi connectivity index (χ0) is 16.1. The summed E-state index contributed by atoms with van der Waals surface area (Å²) in [6.45, 7) is 4.85. The van der Waals surface area contributed by atoms with E-state index in [4.69, 9.17) is 9.26 Å². The maximum absolute atomic E-state index is 12.2. The minimum absolute atomic E-state index is 0.0102. The predicted molar refractivity (Wildman–Crippen MR) is 80.3 cm³/mol. The third kappa shape index (κ3) is 3.85. The van der Waals surface area contributed by atoms with Gasteiger partial charge < -0.3 is 19.5 Å². The minimum Gasteiger partial charge on any atom is -0.372 e. The van der Waals surface area contributed by atoms with Crippen LogP contribution in [0.15, 0.2) is 10.6 Å². The van der Waals surface area contributed by atoms with Gasteiger partial charge in [0.2, 0.25) is 5.91 Å². The van der Waals surface area contributed by atoms with Gasteiger partial charge in [0, 0.05) is 32.2 Å². The number of likely N-dealkylation sites (tertiary alicyclic amines) is 1. The highest BCUT2D eigenvalue weighted by Gasteiger charge is 2.30. The standard InChI is InChI=1S/C15H23N3O4/c1-4-12(21-3)15(20)18-7-5-11(6-8-18)14(19)16-13-9-10(2)22-17-13/h9,11-12H,4-8H2,1-3H3,(H,16,17,19)/t12-/m1/s1. The highest BCUT2D eigenvalue weighted by Crippen LogP contribution is 2.20. The number of hydrogen-bond acceptors (Lipinski definition) is 5. The fourth-order valence-corrected chi connectivity index (χ4v) is 2.66. The van der Waals surface area contributed by atoms with Gasteiger partial charge in [-0.25, -0.2) is 0 Å². The summed E-state index contributed by atoms with van der Waals surface area (Å²) in [6, 6.07) is 1.68. The lowest BCUT2D eigenvalue weighted by atomic mass is 9.95. The summed E-state index contributed by atoms with van der Waals surface area (Å²) in [5.74, 6) is 0.922. The molecule has 122 valence electrons. The average Bonchev–Trinajstić information content (AvgIpc) is 2.93. The van der Waals surface area contributed by atoms with Crippen molar-refractivity contribution in [2.75, 3.05) is 25.5 Å².